The molecule has 0 fully saturated rings. The van der Waals surface area contributed by atoms with Gasteiger partial charge in [0.1, 0.15) is 0 Å². The summed E-state index contributed by atoms with van der Waals surface area (Å²) in [6, 6.07) is 0. The Morgan fingerprint density at radius 2 is 1.88 bits per heavy atom. The number of hydrogen-bond donors (Lipinski definition) is 1. The van der Waals surface area contributed by atoms with E-state index < -0.39 is 0 Å². The van der Waals surface area contributed by atoms with Crippen LogP contribution < -0.4 is 5.32 Å². The van der Waals surface area contributed by atoms with Gasteiger partial charge in [0, 0.05) is 18.8 Å². The first kappa shape index (κ1) is 14.2. The normalized spacial score (nSPS) is 12.1. The van der Waals surface area contributed by atoms with Crippen molar-refractivity contribution in [2.24, 2.45) is 5.41 Å². The van der Waals surface area contributed by atoms with Crippen molar-refractivity contribution < 1.29 is 0 Å². The fourth-order valence-corrected chi connectivity index (χ4v) is 2.01. The molecule has 3 heteroatoms. The van der Waals surface area contributed by atoms with Gasteiger partial charge in [0.2, 0.25) is 0 Å². The summed E-state index contributed by atoms with van der Waals surface area (Å²) in [7, 11) is 0. The van der Waals surface area contributed by atoms with Gasteiger partial charge in [-0.2, -0.15) is 5.10 Å². The van der Waals surface area contributed by atoms with Crippen molar-refractivity contribution in [2.75, 3.05) is 13.1 Å². The van der Waals surface area contributed by atoms with E-state index in [1.54, 1.807) is 0 Å². The van der Waals surface area contributed by atoms with E-state index >= 15 is 0 Å². The highest BCUT2D eigenvalue weighted by molar-refractivity contribution is 5.22. The van der Waals surface area contributed by atoms with Gasteiger partial charge in [-0.15, -0.1) is 0 Å². The molecule has 1 N–H and O–H groups in total. The van der Waals surface area contributed by atoms with Gasteiger partial charge in [0.25, 0.3) is 0 Å². The van der Waals surface area contributed by atoms with Crippen molar-refractivity contribution >= 4 is 0 Å². The molecule has 1 aromatic rings. The summed E-state index contributed by atoms with van der Waals surface area (Å²) in [4.78, 5) is 0. The summed E-state index contributed by atoms with van der Waals surface area (Å²) in [5, 5.41) is 8.11. The lowest BCUT2D eigenvalue weighted by Crippen LogP contribution is -2.34. The van der Waals surface area contributed by atoms with E-state index in [-0.39, 0.29) is 5.41 Å². The van der Waals surface area contributed by atoms with Crippen molar-refractivity contribution in [3.63, 3.8) is 0 Å². The second kappa shape index (κ2) is 5.67. The van der Waals surface area contributed by atoms with Crippen LogP contribution in [0.3, 0.4) is 0 Å². The van der Waals surface area contributed by atoms with Crippen LogP contribution in [-0.4, -0.2) is 22.9 Å². The van der Waals surface area contributed by atoms with E-state index in [9.17, 15) is 0 Å². The summed E-state index contributed by atoms with van der Waals surface area (Å²) >= 11 is 0. The zero-order chi connectivity index (χ0) is 13.1. The predicted molar refractivity (Wildman–Crippen MR) is 73.4 cm³/mol. The number of rotatable bonds is 6. The molecule has 17 heavy (non-hydrogen) atoms. The minimum absolute atomic E-state index is 0.241. The van der Waals surface area contributed by atoms with E-state index in [1.807, 2.05) is 0 Å². The predicted octanol–water partition coefficient (Wildman–Crippen LogP) is 2.83. The third kappa shape index (κ3) is 3.84. The average Bonchev–Trinajstić information content (AvgIpc) is 2.46. The minimum atomic E-state index is 0.241. The van der Waals surface area contributed by atoms with Gasteiger partial charge in [-0.25, -0.2) is 0 Å². The average molecular weight is 237 g/mol. The van der Waals surface area contributed by atoms with Gasteiger partial charge in [-0.05, 0) is 44.7 Å². The van der Waals surface area contributed by atoms with Crippen LogP contribution in [0.4, 0.5) is 0 Å². The Hall–Kier alpha value is -0.830. The largest absolute Gasteiger partial charge is 0.316 e. The summed E-state index contributed by atoms with van der Waals surface area (Å²) in [6.45, 7) is 16.3. The Bertz CT molecular complexity index is 364. The van der Waals surface area contributed by atoms with Gasteiger partial charge < -0.3 is 5.32 Å². The Morgan fingerprint density at radius 1 is 1.24 bits per heavy atom. The van der Waals surface area contributed by atoms with E-state index in [4.69, 9.17) is 0 Å². The molecule has 0 saturated heterocycles. The van der Waals surface area contributed by atoms with Gasteiger partial charge in [0.05, 0.1) is 5.69 Å². The third-order valence-corrected chi connectivity index (χ3v) is 3.35. The summed E-state index contributed by atoms with van der Waals surface area (Å²) < 4.78 is 2.15. The maximum Gasteiger partial charge on any atom is 0.0625 e. The lowest BCUT2D eigenvalue weighted by molar-refractivity contribution is 0.274. The van der Waals surface area contributed by atoms with Crippen molar-refractivity contribution in [1.29, 1.82) is 0 Å². The van der Waals surface area contributed by atoms with Crippen LogP contribution in [0.15, 0.2) is 0 Å². The zero-order valence-electron chi connectivity index (χ0n) is 12.2. The first-order chi connectivity index (χ1) is 7.87. The van der Waals surface area contributed by atoms with E-state index in [2.05, 4.69) is 56.6 Å². The molecule has 1 heterocycles. The second-order valence-corrected chi connectivity index (χ2v) is 5.79. The van der Waals surface area contributed by atoms with Crippen LogP contribution in [-0.2, 0) is 6.54 Å². The molecule has 0 aliphatic carbocycles. The number of aromatic nitrogens is 2. The Balaban J connectivity index is 2.65. The van der Waals surface area contributed by atoms with E-state index in [1.165, 1.54) is 17.7 Å². The van der Waals surface area contributed by atoms with Crippen LogP contribution in [0.2, 0.25) is 0 Å². The first-order valence-electron chi connectivity index (χ1n) is 6.58. The number of hydrogen-bond acceptors (Lipinski definition) is 2. The molecule has 0 aliphatic rings. The zero-order valence-corrected chi connectivity index (χ0v) is 12.2. The molecule has 0 atom stereocenters. The molecule has 1 rings (SSSR count). The Labute approximate surface area is 106 Å². The highest BCUT2D eigenvalue weighted by Gasteiger charge is 2.20. The quantitative estimate of drug-likeness (QED) is 0.771. The topological polar surface area (TPSA) is 29.9 Å². The molecule has 0 bridgehead atoms. The SMILES string of the molecule is CCCNCC(C)(C)Cn1nc(C)c(C)c1C. The maximum atomic E-state index is 4.61. The van der Waals surface area contributed by atoms with Gasteiger partial charge in [-0.1, -0.05) is 20.8 Å². The number of nitrogens with one attached hydrogen (secondary N) is 1. The number of aryl methyl sites for hydroxylation is 1. The molecular weight excluding hydrogens is 210 g/mol. The molecule has 0 spiro atoms. The van der Waals surface area contributed by atoms with Crippen LogP contribution >= 0.6 is 0 Å². The molecule has 0 aromatic carbocycles. The van der Waals surface area contributed by atoms with Crippen molar-refractivity contribution in [3.8, 4) is 0 Å². The van der Waals surface area contributed by atoms with E-state index in [0.717, 1.165) is 25.3 Å². The highest BCUT2D eigenvalue weighted by Crippen LogP contribution is 2.20. The van der Waals surface area contributed by atoms with Crippen molar-refractivity contribution in [1.82, 2.24) is 15.1 Å². The molecule has 0 amide bonds. The van der Waals surface area contributed by atoms with Gasteiger partial charge in [-0.3, -0.25) is 4.68 Å². The molecule has 98 valence electrons. The van der Waals surface area contributed by atoms with Crippen LogP contribution in [0, 0.1) is 26.2 Å². The van der Waals surface area contributed by atoms with Crippen molar-refractivity contribution in [2.45, 2.75) is 54.5 Å². The fraction of sp³-hybridized carbons (Fsp3) is 0.786. The van der Waals surface area contributed by atoms with Gasteiger partial charge >= 0.3 is 0 Å². The minimum Gasteiger partial charge on any atom is -0.316 e. The van der Waals surface area contributed by atoms with Crippen LogP contribution in [0.25, 0.3) is 0 Å². The standard InChI is InChI=1S/C14H27N3/c1-7-8-15-9-14(5,6)10-17-13(4)11(2)12(3)16-17/h15H,7-10H2,1-6H3. The van der Waals surface area contributed by atoms with Gasteiger partial charge in [0.15, 0.2) is 0 Å². The number of nitrogens with zero attached hydrogens (tertiary/aromatic N) is 2. The Morgan fingerprint density at radius 3 is 2.35 bits per heavy atom. The van der Waals surface area contributed by atoms with Crippen LogP contribution in [0.5, 0.6) is 0 Å². The molecule has 0 aliphatic heterocycles. The third-order valence-electron chi connectivity index (χ3n) is 3.35. The monoisotopic (exact) mass is 237 g/mol. The molecule has 0 radical (unpaired) electrons. The lowest BCUT2D eigenvalue weighted by atomic mass is 9.93. The summed E-state index contributed by atoms with van der Waals surface area (Å²) in [5.74, 6) is 0. The summed E-state index contributed by atoms with van der Waals surface area (Å²) in [6.07, 6.45) is 1.19. The smallest absolute Gasteiger partial charge is 0.0625 e. The first-order valence-corrected chi connectivity index (χ1v) is 6.58. The molecule has 0 saturated carbocycles. The molecule has 3 nitrogen and oxygen atoms in total. The molecular formula is C14H27N3. The summed E-state index contributed by atoms with van der Waals surface area (Å²) in [5.41, 5.74) is 4.01. The Kier molecular flexibility index (Phi) is 4.75. The second-order valence-electron chi connectivity index (χ2n) is 5.79. The van der Waals surface area contributed by atoms with Crippen LogP contribution in [0.1, 0.15) is 44.1 Å². The van der Waals surface area contributed by atoms with E-state index in [0.29, 0.717) is 0 Å². The highest BCUT2D eigenvalue weighted by atomic mass is 15.3. The lowest BCUT2D eigenvalue weighted by Gasteiger charge is -2.25. The van der Waals surface area contributed by atoms with Crippen molar-refractivity contribution in [3.05, 3.63) is 17.0 Å². The fourth-order valence-electron chi connectivity index (χ4n) is 2.01. The molecule has 0 unspecified atom stereocenters. The molecule has 1 aromatic heterocycles. The maximum absolute atomic E-state index is 4.61.